The Labute approximate surface area is 169 Å². The zero-order valence-electron chi connectivity index (χ0n) is 17.2. The molecule has 0 unspecified atom stereocenters. The van der Waals surface area contributed by atoms with Crippen LogP contribution in [0.15, 0.2) is 24.3 Å². The van der Waals surface area contributed by atoms with Crippen LogP contribution >= 0.6 is 0 Å². The van der Waals surface area contributed by atoms with E-state index in [1.165, 1.54) is 57.8 Å². The van der Waals surface area contributed by atoms with E-state index in [2.05, 4.69) is 12.2 Å². The molecule has 1 amide bonds. The third-order valence-corrected chi connectivity index (χ3v) is 5.12. The molecule has 0 aliphatic carbocycles. The third kappa shape index (κ3) is 8.32. The number of ether oxygens (including phenoxy) is 2. The number of unbranched alkanes of at least 4 members (excludes halogenated alkanes) is 9. The highest BCUT2D eigenvalue weighted by Crippen LogP contribution is 2.15. The quantitative estimate of drug-likeness (QED) is 0.358. The number of carbonyl (C=O) groups is 2. The summed E-state index contributed by atoms with van der Waals surface area (Å²) in [6, 6.07) is 6.53. The number of rotatable bonds is 14. The molecule has 0 aromatic heterocycles. The van der Waals surface area contributed by atoms with Crippen LogP contribution in [0, 0.1) is 0 Å². The first-order chi connectivity index (χ1) is 13.7. The van der Waals surface area contributed by atoms with Crippen molar-refractivity contribution in [3.63, 3.8) is 0 Å². The van der Waals surface area contributed by atoms with E-state index in [-0.39, 0.29) is 11.9 Å². The first-order valence-corrected chi connectivity index (χ1v) is 10.9. The van der Waals surface area contributed by atoms with Crippen LogP contribution in [-0.2, 0) is 9.53 Å². The molecular weight excluding hydrogens is 354 g/mol. The minimum atomic E-state index is -0.528. The van der Waals surface area contributed by atoms with Gasteiger partial charge in [0.2, 0.25) is 0 Å². The Morgan fingerprint density at radius 3 is 2.18 bits per heavy atom. The molecule has 0 spiro atoms. The molecule has 1 fully saturated rings. The van der Waals surface area contributed by atoms with Gasteiger partial charge in [0.05, 0.1) is 13.2 Å². The zero-order chi connectivity index (χ0) is 20.0. The second kappa shape index (κ2) is 13.2. The maximum atomic E-state index is 12.2. The summed E-state index contributed by atoms with van der Waals surface area (Å²) in [7, 11) is 0. The number of benzene rings is 1. The molecule has 1 aromatic carbocycles. The van der Waals surface area contributed by atoms with E-state index in [0.717, 1.165) is 12.2 Å². The Bertz CT molecular complexity index is 585. The summed E-state index contributed by atoms with van der Waals surface area (Å²) >= 11 is 0. The van der Waals surface area contributed by atoms with E-state index in [0.29, 0.717) is 25.2 Å². The van der Waals surface area contributed by atoms with Gasteiger partial charge >= 0.3 is 5.97 Å². The number of hydrogen-bond donors (Lipinski definition) is 1. The van der Waals surface area contributed by atoms with Gasteiger partial charge in [-0.3, -0.25) is 4.79 Å². The van der Waals surface area contributed by atoms with Crippen molar-refractivity contribution in [3.05, 3.63) is 29.8 Å². The molecule has 156 valence electrons. The van der Waals surface area contributed by atoms with Crippen LogP contribution in [-0.4, -0.2) is 31.1 Å². The van der Waals surface area contributed by atoms with Crippen LogP contribution in [0.4, 0.5) is 0 Å². The van der Waals surface area contributed by atoms with Crippen LogP contribution in [0.2, 0.25) is 0 Å². The normalized spacial score (nSPS) is 16.0. The van der Waals surface area contributed by atoms with Gasteiger partial charge in [0, 0.05) is 12.0 Å². The molecule has 1 heterocycles. The molecule has 1 aliphatic heterocycles. The monoisotopic (exact) mass is 389 g/mol. The van der Waals surface area contributed by atoms with Crippen molar-refractivity contribution in [2.45, 2.75) is 83.6 Å². The number of esters is 1. The smallest absolute Gasteiger partial charge is 0.328 e. The molecule has 0 saturated carbocycles. The average Bonchev–Trinajstić information content (AvgIpc) is 3.11. The summed E-state index contributed by atoms with van der Waals surface area (Å²) in [5.74, 6) is 0.155. The number of amides is 1. The molecule has 28 heavy (non-hydrogen) atoms. The number of carbonyl (C=O) groups excluding carboxylic acids is 2. The third-order valence-electron chi connectivity index (χ3n) is 5.12. The van der Waals surface area contributed by atoms with Crippen molar-refractivity contribution in [2.75, 3.05) is 13.2 Å². The Hall–Kier alpha value is -2.04. The van der Waals surface area contributed by atoms with E-state index in [1.54, 1.807) is 24.3 Å². The standard InChI is InChI=1S/C23H35NO4/c1-2-3-4-5-6-7-8-9-10-11-17-27-20-14-12-19(13-15-20)22(25)24-21-16-18-28-23(21)26/h12-15,21H,2-11,16-18H2,1H3,(H,24,25)/t21-/m1/s1. The SMILES string of the molecule is CCCCCCCCCCCCOc1ccc(C(=O)N[C@@H]2CCOC2=O)cc1. The fourth-order valence-corrected chi connectivity index (χ4v) is 3.35. The molecule has 0 bridgehead atoms. The van der Waals surface area contributed by atoms with Gasteiger partial charge in [-0.1, -0.05) is 64.7 Å². The van der Waals surface area contributed by atoms with Gasteiger partial charge in [-0.15, -0.1) is 0 Å². The lowest BCUT2D eigenvalue weighted by Gasteiger charge is -2.10. The summed E-state index contributed by atoms with van der Waals surface area (Å²) in [6.45, 7) is 3.33. The molecule has 1 atom stereocenters. The number of cyclic esters (lactones) is 1. The van der Waals surface area contributed by atoms with E-state index in [4.69, 9.17) is 9.47 Å². The second-order valence-electron chi connectivity index (χ2n) is 7.54. The summed E-state index contributed by atoms with van der Waals surface area (Å²) in [5.41, 5.74) is 0.519. The Balaban J connectivity index is 1.53. The van der Waals surface area contributed by atoms with Crippen molar-refractivity contribution in [3.8, 4) is 5.75 Å². The fourth-order valence-electron chi connectivity index (χ4n) is 3.35. The molecule has 0 radical (unpaired) electrons. The topological polar surface area (TPSA) is 64.6 Å². The molecule has 2 rings (SSSR count). The van der Waals surface area contributed by atoms with Gasteiger partial charge in [0.15, 0.2) is 0 Å². The Morgan fingerprint density at radius 2 is 1.61 bits per heavy atom. The van der Waals surface area contributed by atoms with E-state index >= 15 is 0 Å². The summed E-state index contributed by atoms with van der Waals surface area (Å²) < 4.78 is 10.6. The van der Waals surface area contributed by atoms with Gasteiger partial charge in [-0.2, -0.15) is 0 Å². The highest BCUT2D eigenvalue weighted by molar-refractivity contribution is 5.97. The lowest BCUT2D eigenvalue weighted by atomic mass is 10.1. The first-order valence-electron chi connectivity index (χ1n) is 10.9. The van der Waals surface area contributed by atoms with Gasteiger partial charge in [0.1, 0.15) is 11.8 Å². The van der Waals surface area contributed by atoms with E-state index in [9.17, 15) is 9.59 Å². The fraction of sp³-hybridized carbons (Fsp3) is 0.652. The van der Waals surface area contributed by atoms with Crippen LogP contribution in [0.1, 0.15) is 87.9 Å². The minimum absolute atomic E-state index is 0.259. The van der Waals surface area contributed by atoms with Crippen molar-refractivity contribution < 1.29 is 19.1 Å². The molecule has 1 N–H and O–H groups in total. The Kier molecular flexibility index (Phi) is 10.5. The average molecular weight is 390 g/mol. The Morgan fingerprint density at radius 1 is 1.00 bits per heavy atom. The van der Waals surface area contributed by atoms with Crippen molar-refractivity contribution in [2.24, 2.45) is 0 Å². The maximum absolute atomic E-state index is 12.2. The van der Waals surface area contributed by atoms with Crippen LogP contribution in [0.3, 0.4) is 0 Å². The van der Waals surface area contributed by atoms with E-state index in [1.807, 2.05) is 0 Å². The van der Waals surface area contributed by atoms with Crippen molar-refractivity contribution in [1.82, 2.24) is 5.32 Å². The second-order valence-corrected chi connectivity index (χ2v) is 7.54. The van der Waals surface area contributed by atoms with Crippen molar-refractivity contribution >= 4 is 11.9 Å². The lowest BCUT2D eigenvalue weighted by molar-refractivity contribution is -0.139. The highest BCUT2D eigenvalue weighted by Gasteiger charge is 2.28. The predicted molar refractivity (Wildman–Crippen MR) is 111 cm³/mol. The maximum Gasteiger partial charge on any atom is 0.328 e. The summed E-state index contributed by atoms with van der Waals surface area (Å²) in [4.78, 5) is 23.6. The highest BCUT2D eigenvalue weighted by atomic mass is 16.5. The summed E-state index contributed by atoms with van der Waals surface area (Å²) in [5, 5.41) is 2.70. The molecule has 1 aromatic rings. The molecule has 5 nitrogen and oxygen atoms in total. The largest absolute Gasteiger partial charge is 0.494 e. The molecule has 1 aliphatic rings. The number of nitrogens with one attached hydrogen (secondary N) is 1. The van der Waals surface area contributed by atoms with Crippen LogP contribution in [0.5, 0.6) is 5.75 Å². The van der Waals surface area contributed by atoms with E-state index < -0.39 is 6.04 Å². The molecule has 1 saturated heterocycles. The lowest BCUT2D eigenvalue weighted by Crippen LogP contribution is -2.37. The number of hydrogen-bond acceptors (Lipinski definition) is 4. The summed E-state index contributed by atoms with van der Waals surface area (Å²) in [6.07, 6.45) is 13.6. The predicted octanol–water partition coefficient (Wildman–Crippen LogP) is 5.03. The van der Waals surface area contributed by atoms with Gasteiger partial charge in [0.25, 0.3) is 5.91 Å². The first kappa shape index (κ1) is 22.3. The van der Waals surface area contributed by atoms with Gasteiger partial charge in [-0.25, -0.2) is 4.79 Å². The van der Waals surface area contributed by atoms with Gasteiger partial charge < -0.3 is 14.8 Å². The van der Waals surface area contributed by atoms with Crippen LogP contribution in [0.25, 0.3) is 0 Å². The molecular formula is C23H35NO4. The minimum Gasteiger partial charge on any atom is -0.494 e. The van der Waals surface area contributed by atoms with Crippen LogP contribution < -0.4 is 10.1 Å². The van der Waals surface area contributed by atoms with Crippen molar-refractivity contribution in [1.29, 1.82) is 0 Å². The van der Waals surface area contributed by atoms with Gasteiger partial charge in [-0.05, 0) is 30.7 Å². The molecule has 5 heteroatoms. The zero-order valence-corrected chi connectivity index (χ0v) is 17.2.